The molecule has 0 aromatic carbocycles. The van der Waals surface area contributed by atoms with Crippen LogP contribution in [0.5, 0.6) is 0 Å². The molecule has 0 saturated carbocycles. The van der Waals surface area contributed by atoms with Crippen molar-refractivity contribution in [3.8, 4) is 0 Å². The first-order chi connectivity index (χ1) is 9.51. The van der Waals surface area contributed by atoms with E-state index in [2.05, 4.69) is 20.4 Å². The van der Waals surface area contributed by atoms with Gasteiger partial charge in [0.1, 0.15) is 6.10 Å². The minimum atomic E-state index is -0.330. The summed E-state index contributed by atoms with van der Waals surface area (Å²) in [5, 5.41) is 0. The minimum Gasteiger partial charge on any atom is -0.455 e. The van der Waals surface area contributed by atoms with Gasteiger partial charge >= 0.3 is 5.97 Å². The summed E-state index contributed by atoms with van der Waals surface area (Å²) in [6, 6.07) is 0. The first-order valence-electron chi connectivity index (χ1n) is 7.83. The molecular formula is C17H31NO2. The fraction of sp³-hybridized carbons (Fsp3) is 0.706. The number of hydrogen-bond donors (Lipinski definition) is 1. The van der Waals surface area contributed by atoms with E-state index in [1.807, 2.05) is 6.08 Å². The van der Waals surface area contributed by atoms with Gasteiger partial charge in [0.25, 0.3) is 0 Å². The van der Waals surface area contributed by atoms with E-state index < -0.39 is 0 Å². The summed E-state index contributed by atoms with van der Waals surface area (Å²) in [7, 11) is 0. The number of rotatable bonds is 11. The molecule has 0 aliphatic carbocycles. The van der Waals surface area contributed by atoms with E-state index in [4.69, 9.17) is 10.5 Å². The molecule has 3 nitrogen and oxygen atoms in total. The summed E-state index contributed by atoms with van der Waals surface area (Å²) >= 11 is 0. The molecular weight excluding hydrogens is 250 g/mol. The van der Waals surface area contributed by atoms with Crippen LogP contribution in [-0.4, -0.2) is 12.1 Å². The SMILES string of the molecule is C=C(C)C(=O)OC(C=C(N)CCCCC)CCCCC. The van der Waals surface area contributed by atoms with Crippen molar-refractivity contribution in [3.05, 3.63) is 23.9 Å². The molecule has 2 N–H and O–H groups in total. The summed E-state index contributed by atoms with van der Waals surface area (Å²) < 4.78 is 5.44. The van der Waals surface area contributed by atoms with Gasteiger partial charge in [-0.1, -0.05) is 46.1 Å². The monoisotopic (exact) mass is 281 g/mol. The topological polar surface area (TPSA) is 52.3 Å². The summed E-state index contributed by atoms with van der Waals surface area (Å²) in [5.74, 6) is -0.330. The highest BCUT2D eigenvalue weighted by Crippen LogP contribution is 2.13. The number of esters is 1. The van der Waals surface area contributed by atoms with Crippen molar-refractivity contribution < 1.29 is 9.53 Å². The van der Waals surface area contributed by atoms with Crippen molar-refractivity contribution in [1.82, 2.24) is 0 Å². The standard InChI is InChI=1S/C17H31NO2/c1-5-7-9-11-15(18)13-16(12-10-8-6-2)20-17(19)14(3)4/h13,16H,3,5-12,18H2,1-2,4H3. The van der Waals surface area contributed by atoms with Crippen LogP contribution in [0, 0.1) is 0 Å². The normalized spacial score (nSPS) is 13.1. The average molecular weight is 281 g/mol. The molecule has 116 valence electrons. The lowest BCUT2D eigenvalue weighted by atomic mass is 10.1. The molecule has 0 aromatic rings. The predicted molar refractivity (Wildman–Crippen MR) is 85.2 cm³/mol. The molecule has 0 fully saturated rings. The fourth-order valence-electron chi connectivity index (χ4n) is 1.91. The molecule has 1 unspecified atom stereocenters. The zero-order chi connectivity index (χ0) is 15.4. The Kier molecular flexibility index (Phi) is 10.8. The zero-order valence-electron chi connectivity index (χ0n) is 13.4. The third-order valence-electron chi connectivity index (χ3n) is 3.17. The molecule has 3 heteroatoms. The Bertz CT molecular complexity index is 321. The van der Waals surface area contributed by atoms with E-state index >= 15 is 0 Å². The van der Waals surface area contributed by atoms with Gasteiger partial charge in [0, 0.05) is 11.3 Å². The van der Waals surface area contributed by atoms with Crippen LogP contribution in [0.1, 0.15) is 72.1 Å². The van der Waals surface area contributed by atoms with Gasteiger partial charge in [-0.25, -0.2) is 4.79 Å². The van der Waals surface area contributed by atoms with E-state index in [9.17, 15) is 4.79 Å². The second-order valence-electron chi connectivity index (χ2n) is 5.42. The maximum Gasteiger partial charge on any atom is 0.333 e. The second kappa shape index (κ2) is 11.6. The molecule has 0 bridgehead atoms. The Morgan fingerprint density at radius 3 is 2.35 bits per heavy atom. The van der Waals surface area contributed by atoms with E-state index in [0.717, 1.165) is 44.2 Å². The van der Waals surface area contributed by atoms with Gasteiger partial charge in [0.2, 0.25) is 0 Å². The lowest BCUT2D eigenvalue weighted by Gasteiger charge is -2.15. The van der Waals surface area contributed by atoms with Crippen LogP contribution in [0.2, 0.25) is 0 Å². The molecule has 1 atom stereocenters. The summed E-state index contributed by atoms with van der Waals surface area (Å²) in [6.07, 6.45) is 10.2. The number of carbonyl (C=O) groups excluding carboxylic acids is 1. The van der Waals surface area contributed by atoms with Crippen LogP contribution in [-0.2, 0) is 9.53 Å². The zero-order valence-corrected chi connectivity index (χ0v) is 13.4. The van der Waals surface area contributed by atoms with Crippen molar-refractivity contribution in [2.45, 2.75) is 78.2 Å². The van der Waals surface area contributed by atoms with Crippen molar-refractivity contribution in [3.63, 3.8) is 0 Å². The van der Waals surface area contributed by atoms with Crippen LogP contribution in [0.4, 0.5) is 0 Å². The highest BCUT2D eigenvalue weighted by atomic mass is 16.5. The lowest BCUT2D eigenvalue weighted by Crippen LogP contribution is -2.18. The Morgan fingerprint density at radius 1 is 1.20 bits per heavy atom. The summed E-state index contributed by atoms with van der Waals surface area (Å²) in [6.45, 7) is 9.61. The van der Waals surface area contributed by atoms with Crippen LogP contribution in [0.3, 0.4) is 0 Å². The van der Waals surface area contributed by atoms with E-state index in [-0.39, 0.29) is 12.1 Å². The average Bonchev–Trinajstić information content (AvgIpc) is 2.39. The van der Waals surface area contributed by atoms with Crippen molar-refractivity contribution in [1.29, 1.82) is 0 Å². The first kappa shape index (κ1) is 18.8. The van der Waals surface area contributed by atoms with Crippen molar-refractivity contribution in [2.24, 2.45) is 5.73 Å². The Hall–Kier alpha value is -1.25. The molecule has 0 amide bonds. The quantitative estimate of drug-likeness (QED) is 0.345. The highest BCUT2D eigenvalue weighted by Gasteiger charge is 2.13. The lowest BCUT2D eigenvalue weighted by molar-refractivity contribution is -0.142. The van der Waals surface area contributed by atoms with E-state index in [1.54, 1.807) is 6.92 Å². The Balaban J connectivity index is 4.44. The maximum atomic E-state index is 11.6. The highest BCUT2D eigenvalue weighted by molar-refractivity contribution is 5.87. The molecule has 20 heavy (non-hydrogen) atoms. The smallest absolute Gasteiger partial charge is 0.333 e. The molecule has 0 aliphatic heterocycles. The number of ether oxygens (including phenoxy) is 1. The van der Waals surface area contributed by atoms with Gasteiger partial charge in [-0.2, -0.15) is 0 Å². The number of unbranched alkanes of at least 4 members (excludes halogenated alkanes) is 4. The number of nitrogens with two attached hydrogens (primary N) is 1. The third kappa shape index (κ3) is 9.65. The predicted octanol–water partition coefficient (Wildman–Crippen LogP) is 4.48. The number of hydrogen-bond acceptors (Lipinski definition) is 3. The van der Waals surface area contributed by atoms with E-state index in [1.165, 1.54) is 12.8 Å². The van der Waals surface area contributed by atoms with Gasteiger partial charge in [0.15, 0.2) is 0 Å². The molecule has 0 saturated heterocycles. The minimum absolute atomic E-state index is 0.215. The van der Waals surface area contributed by atoms with Gasteiger partial charge in [-0.05, 0) is 38.7 Å². The van der Waals surface area contributed by atoms with Gasteiger partial charge in [-0.3, -0.25) is 0 Å². The molecule has 0 heterocycles. The largest absolute Gasteiger partial charge is 0.455 e. The van der Waals surface area contributed by atoms with Crippen LogP contribution < -0.4 is 5.73 Å². The molecule has 0 rings (SSSR count). The fourth-order valence-corrected chi connectivity index (χ4v) is 1.91. The van der Waals surface area contributed by atoms with Gasteiger partial charge in [-0.15, -0.1) is 0 Å². The molecule has 0 radical (unpaired) electrons. The maximum absolute atomic E-state index is 11.6. The molecule has 0 aliphatic rings. The second-order valence-corrected chi connectivity index (χ2v) is 5.42. The third-order valence-corrected chi connectivity index (χ3v) is 3.17. The summed E-state index contributed by atoms with van der Waals surface area (Å²) in [4.78, 5) is 11.6. The Labute approximate surface area is 124 Å². The number of carbonyl (C=O) groups is 1. The van der Waals surface area contributed by atoms with Crippen molar-refractivity contribution in [2.75, 3.05) is 0 Å². The summed E-state index contributed by atoms with van der Waals surface area (Å²) in [5.41, 5.74) is 7.28. The van der Waals surface area contributed by atoms with Crippen LogP contribution >= 0.6 is 0 Å². The van der Waals surface area contributed by atoms with Gasteiger partial charge < -0.3 is 10.5 Å². The van der Waals surface area contributed by atoms with Gasteiger partial charge in [0.05, 0.1) is 0 Å². The Morgan fingerprint density at radius 2 is 1.80 bits per heavy atom. The molecule has 0 aromatic heterocycles. The van der Waals surface area contributed by atoms with Crippen LogP contribution in [0.15, 0.2) is 23.9 Å². The van der Waals surface area contributed by atoms with Crippen molar-refractivity contribution >= 4 is 5.97 Å². The number of allylic oxidation sites excluding steroid dienone is 1. The molecule has 0 spiro atoms. The van der Waals surface area contributed by atoms with E-state index in [0.29, 0.717) is 5.57 Å². The first-order valence-corrected chi connectivity index (χ1v) is 7.83. The van der Waals surface area contributed by atoms with Crippen LogP contribution in [0.25, 0.3) is 0 Å².